The summed E-state index contributed by atoms with van der Waals surface area (Å²) < 4.78 is 26.8. The fraction of sp³-hybridized carbons (Fsp3) is 0.333. The maximum atomic E-state index is 10.7. The lowest BCUT2D eigenvalue weighted by Gasteiger charge is -2.27. The number of thiol groups is 1. The number of nitrogens with zero attached hydrogens (tertiary/aromatic N) is 1. The first-order valence-electron chi connectivity index (χ1n) is 4.31. The lowest BCUT2D eigenvalue weighted by molar-refractivity contribution is 0.310. The Morgan fingerprint density at radius 2 is 2.21 bits per heavy atom. The summed E-state index contributed by atoms with van der Waals surface area (Å²) in [5.74, 6) is 0.649. The molecule has 4 nitrogen and oxygen atoms in total. The number of anilines is 1. The van der Waals surface area contributed by atoms with Gasteiger partial charge in [-0.15, -0.1) is 0 Å². The van der Waals surface area contributed by atoms with Gasteiger partial charge in [0.25, 0.3) is 0 Å². The normalized spacial score (nSPS) is 15.1. The minimum atomic E-state index is -2.52. The highest BCUT2D eigenvalue weighted by Gasteiger charge is 2.15. The first-order valence-corrected chi connectivity index (χ1v) is 5.48. The van der Waals surface area contributed by atoms with E-state index >= 15 is 0 Å². The van der Waals surface area contributed by atoms with Crippen LogP contribution < -0.4 is 9.64 Å². The summed E-state index contributed by atoms with van der Waals surface area (Å²) in [7, 11) is -0.567. The lowest BCUT2D eigenvalue weighted by atomic mass is 10.2. The molecule has 0 fully saturated rings. The summed E-state index contributed by atoms with van der Waals surface area (Å²) >= 11 is 0. The van der Waals surface area contributed by atoms with E-state index in [0.717, 1.165) is 12.2 Å². The van der Waals surface area contributed by atoms with Crippen LogP contribution in [-0.2, 0) is 10.7 Å². The molecule has 0 amide bonds. The minimum absolute atomic E-state index is 0.300. The van der Waals surface area contributed by atoms with Crippen LogP contribution in [0.3, 0.4) is 0 Å². The molecule has 14 heavy (non-hydrogen) atoms. The van der Waals surface area contributed by atoms with Gasteiger partial charge in [-0.25, -0.2) is 8.42 Å². The number of ether oxygens (including phenoxy) is 1. The van der Waals surface area contributed by atoms with Crippen molar-refractivity contribution in [2.45, 2.75) is 4.90 Å². The van der Waals surface area contributed by atoms with Gasteiger partial charge in [0.2, 0.25) is 0 Å². The molecule has 0 spiro atoms. The van der Waals surface area contributed by atoms with Gasteiger partial charge in [0.15, 0.2) is 10.7 Å². The molecule has 0 atom stereocenters. The molecule has 0 aromatic heterocycles. The second kappa shape index (κ2) is 3.49. The number of fused-ring (bicyclic) bond motifs is 1. The van der Waals surface area contributed by atoms with Crippen LogP contribution in [0.1, 0.15) is 0 Å². The quantitative estimate of drug-likeness (QED) is 0.689. The molecule has 0 radical (unpaired) electrons. The van der Waals surface area contributed by atoms with E-state index < -0.39 is 10.7 Å². The summed E-state index contributed by atoms with van der Waals surface area (Å²) in [6, 6.07) is 4.93. The van der Waals surface area contributed by atoms with Gasteiger partial charge in [-0.3, -0.25) is 0 Å². The van der Waals surface area contributed by atoms with E-state index in [-0.39, 0.29) is 0 Å². The Labute approximate surface area is 84.1 Å². The third-order valence-electron chi connectivity index (χ3n) is 2.25. The Morgan fingerprint density at radius 1 is 1.43 bits per heavy atom. The Kier molecular flexibility index (Phi) is 2.33. The molecule has 1 aliphatic heterocycles. The standard InChI is InChI=1S/C9H11NO3S/c1-10-4-5-13-9-6-7(14(11)12)2-3-8(9)10/h2-3,6,14H,4-5H2,1H3. The summed E-state index contributed by atoms with van der Waals surface area (Å²) in [5, 5.41) is 0. The Morgan fingerprint density at radius 3 is 2.93 bits per heavy atom. The molecule has 0 saturated carbocycles. The van der Waals surface area contributed by atoms with Crippen LogP contribution in [0.2, 0.25) is 0 Å². The van der Waals surface area contributed by atoms with Gasteiger partial charge in [0.1, 0.15) is 12.4 Å². The van der Waals surface area contributed by atoms with E-state index in [4.69, 9.17) is 4.74 Å². The van der Waals surface area contributed by atoms with Gasteiger partial charge in [-0.1, -0.05) is 0 Å². The summed E-state index contributed by atoms with van der Waals surface area (Å²) in [5.41, 5.74) is 0.942. The van der Waals surface area contributed by atoms with Crippen molar-refractivity contribution in [1.82, 2.24) is 0 Å². The zero-order valence-corrected chi connectivity index (χ0v) is 8.66. The van der Waals surface area contributed by atoms with Crippen LogP contribution in [0, 0.1) is 0 Å². The number of hydrogen-bond donors (Lipinski definition) is 1. The fourth-order valence-electron chi connectivity index (χ4n) is 1.46. The first-order chi connectivity index (χ1) is 6.68. The number of benzene rings is 1. The van der Waals surface area contributed by atoms with Crippen LogP contribution >= 0.6 is 0 Å². The maximum absolute atomic E-state index is 10.7. The van der Waals surface area contributed by atoms with Gasteiger partial charge in [0.05, 0.1) is 17.1 Å². The van der Waals surface area contributed by atoms with Gasteiger partial charge in [-0.05, 0) is 12.1 Å². The lowest BCUT2D eigenvalue weighted by Crippen LogP contribution is -2.28. The molecule has 76 valence electrons. The molecule has 1 aromatic carbocycles. The largest absolute Gasteiger partial charge is 0.490 e. The molecule has 0 bridgehead atoms. The van der Waals surface area contributed by atoms with Crippen molar-refractivity contribution < 1.29 is 13.2 Å². The topological polar surface area (TPSA) is 46.6 Å². The van der Waals surface area contributed by atoms with Crippen molar-refractivity contribution in [2.24, 2.45) is 0 Å². The average molecular weight is 213 g/mol. The van der Waals surface area contributed by atoms with Crippen molar-refractivity contribution in [3.63, 3.8) is 0 Å². The third kappa shape index (κ3) is 1.55. The van der Waals surface area contributed by atoms with Gasteiger partial charge in [0, 0.05) is 13.1 Å². The van der Waals surface area contributed by atoms with E-state index in [0.29, 0.717) is 17.3 Å². The van der Waals surface area contributed by atoms with Gasteiger partial charge < -0.3 is 9.64 Å². The Bertz CT molecular complexity index is 420. The van der Waals surface area contributed by atoms with E-state index in [1.54, 1.807) is 18.2 Å². The zero-order valence-electron chi connectivity index (χ0n) is 7.77. The van der Waals surface area contributed by atoms with Crippen LogP contribution in [0.4, 0.5) is 5.69 Å². The van der Waals surface area contributed by atoms with Crippen LogP contribution in [0.25, 0.3) is 0 Å². The number of likely N-dealkylation sites (N-methyl/N-ethyl adjacent to an activating group) is 1. The molecular weight excluding hydrogens is 202 g/mol. The monoisotopic (exact) mass is 213 g/mol. The van der Waals surface area contributed by atoms with Gasteiger partial charge >= 0.3 is 0 Å². The first kappa shape index (κ1) is 9.33. The molecule has 1 aliphatic rings. The molecule has 0 aliphatic carbocycles. The predicted octanol–water partition coefficient (Wildman–Crippen LogP) is 0.485. The molecule has 1 heterocycles. The number of rotatable bonds is 1. The van der Waals surface area contributed by atoms with Crippen molar-refractivity contribution in [2.75, 3.05) is 25.1 Å². The highest BCUT2D eigenvalue weighted by Crippen LogP contribution is 2.31. The van der Waals surface area contributed by atoms with Crippen molar-refractivity contribution >= 4 is 16.4 Å². The molecule has 5 heteroatoms. The Hall–Kier alpha value is -1.23. The van der Waals surface area contributed by atoms with Gasteiger partial charge in [-0.2, -0.15) is 0 Å². The molecular formula is C9H11NO3S. The average Bonchev–Trinajstić information content (AvgIpc) is 2.17. The van der Waals surface area contributed by atoms with E-state index in [9.17, 15) is 8.42 Å². The second-order valence-electron chi connectivity index (χ2n) is 3.18. The summed E-state index contributed by atoms with van der Waals surface area (Å²) in [4.78, 5) is 2.34. The van der Waals surface area contributed by atoms with E-state index in [1.807, 2.05) is 11.9 Å². The van der Waals surface area contributed by atoms with Crippen molar-refractivity contribution in [3.8, 4) is 5.75 Å². The van der Waals surface area contributed by atoms with Crippen LogP contribution in [-0.4, -0.2) is 28.6 Å². The fourth-order valence-corrected chi connectivity index (χ4v) is 1.88. The molecule has 0 N–H and O–H groups in total. The predicted molar refractivity (Wildman–Crippen MR) is 53.8 cm³/mol. The van der Waals surface area contributed by atoms with E-state index in [1.165, 1.54) is 0 Å². The molecule has 2 rings (SSSR count). The van der Waals surface area contributed by atoms with E-state index in [2.05, 4.69) is 0 Å². The highest BCUT2D eigenvalue weighted by molar-refractivity contribution is 7.72. The smallest absolute Gasteiger partial charge is 0.168 e. The summed E-state index contributed by atoms with van der Waals surface area (Å²) in [6.07, 6.45) is 0. The summed E-state index contributed by atoms with van der Waals surface area (Å²) in [6.45, 7) is 1.43. The SMILES string of the molecule is CN1CCOc2cc([SH](=O)=O)ccc21. The van der Waals surface area contributed by atoms with Crippen LogP contribution in [0.5, 0.6) is 5.75 Å². The second-order valence-corrected chi connectivity index (χ2v) is 4.21. The molecule has 0 unspecified atom stereocenters. The minimum Gasteiger partial charge on any atom is -0.490 e. The molecule has 0 saturated heterocycles. The van der Waals surface area contributed by atoms with Crippen molar-refractivity contribution in [3.05, 3.63) is 18.2 Å². The maximum Gasteiger partial charge on any atom is 0.168 e. The Balaban J connectivity index is 2.49. The number of hydrogen-bond acceptors (Lipinski definition) is 4. The zero-order chi connectivity index (χ0) is 10.1. The third-order valence-corrected chi connectivity index (χ3v) is 2.95. The highest BCUT2D eigenvalue weighted by atomic mass is 32.2. The molecule has 1 aromatic rings. The van der Waals surface area contributed by atoms with Crippen LogP contribution in [0.15, 0.2) is 23.1 Å². The van der Waals surface area contributed by atoms with Crippen molar-refractivity contribution in [1.29, 1.82) is 0 Å².